The van der Waals surface area contributed by atoms with Crippen LogP contribution < -0.4 is 4.74 Å². The monoisotopic (exact) mass is 386 g/mol. The summed E-state index contributed by atoms with van der Waals surface area (Å²) < 4.78 is 45.5. The molecule has 26 heavy (non-hydrogen) atoms. The number of ether oxygens (including phenoxy) is 1. The molecule has 4 saturated carbocycles. The molecular formula is C19H25F2O4P. The number of hydrogen-bond donors (Lipinski definition) is 2. The van der Waals surface area contributed by atoms with Crippen LogP contribution in [0.4, 0.5) is 8.78 Å². The third kappa shape index (κ3) is 3.44. The minimum absolute atomic E-state index is 0.0574. The molecule has 4 bridgehead atoms. The highest BCUT2D eigenvalue weighted by atomic mass is 31.2. The summed E-state index contributed by atoms with van der Waals surface area (Å²) in [5, 5.41) is 0. The molecule has 1 aromatic carbocycles. The Balaban J connectivity index is 1.51. The maximum absolute atomic E-state index is 14.9. The van der Waals surface area contributed by atoms with Crippen LogP contribution in [0.5, 0.6) is 5.75 Å². The molecule has 0 spiro atoms. The van der Waals surface area contributed by atoms with Gasteiger partial charge in [-0.05, 0) is 79.7 Å². The molecule has 7 heteroatoms. The van der Waals surface area contributed by atoms with E-state index >= 15 is 0 Å². The van der Waals surface area contributed by atoms with E-state index in [0.29, 0.717) is 23.3 Å². The SMILES string of the molecule is O=P(O)(O)CCCOc1ccc([C@]23CC4CC(C[C@H](C4)C2)C3)c(F)c1F. The van der Waals surface area contributed by atoms with Gasteiger partial charge in [-0.1, -0.05) is 6.07 Å². The Labute approximate surface area is 152 Å². The van der Waals surface area contributed by atoms with E-state index in [-0.39, 0.29) is 30.4 Å². The molecule has 0 atom stereocenters. The number of benzene rings is 1. The zero-order valence-electron chi connectivity index (χ0n) is 14.7. The van der Waals surface area contributed by atoms with Crippen LogP contribution in [0.25, 0.3) is 0 Å². The van der Waals surface area contributed by atoms with Gasteiger partial charge < -0.3 is 14.5 Å². The molecular weight excluding hydrogens is 361 g/mol. The normalized spacial score (nSPS) is 32.8. The lowest BCUT2D eigenvalue weighted by atomic mass is 9.48. The average molecular weight is 386 g/mol. The Bertz CT molecular complexity index is 710. The van der Waals surface area contributed by atoms with Gasteiger partial charge in [0.15, 0.2) is 11.6 Å². The van der Waals surface area contributed by atoms with Crippen LogP contribution in [0.2, 0.25) is 0 Å². The van der Waals surface area contributed by atoms with E-state index in [9.17, 15) is 13.3 Å². The van der Waals surface area contributed by atoms with Crippen LogP contribution in [0.3, 0.4) is 0 Å². The van der Waals surface area contributed by atoms with Gasteiger partial charge in [0.25, 0.3) is 0 Å². The number of halogens is 2. The van der Waals surface area contributed by atoms with Crippen LogP contribution in [0.15, 0.2) is 12.1 Å². The second-order valence-electron chi connectivity index (χ2n) is 8.53. The molecule has 144 valence electrons. The molecule has 1 aromatic rings. The Hall–Kier alpha value is -0.970. The lowest BCUT2D eigenvalue weighted by molar-refractivity contribution is -0.00708. The summed E-state index contributed by atoms with van der Waals surface area (Å²) in [5.41, 5.74) is 0.273. The van der Waals surface area contributed by atoms with Crippen molar-refractivity contribution < 1.29 is 27.9 Å². The molecule has 5 rings (SSSR count). The van der Waals surface area contributed by atoms with Crippen molar-refractivity contribution >= 4 is 7.60 Å². The molecule has 0 heterocycles. The Morgan fingerprint density at radius 3 is 2.15 bits per heavy atom. The van der Waals surface area contributed by atoms with Crippen LogP contribution in [0.1, 0.15) is 50.5 Å². The molecule has 0 aliphatic heterocycles. The first-order valence-electron chi connectivity index (χ1n) is 9.42. The van der Waals surface area contributed by atoms with E-state index < -0.39 is 19.2 Å². The summed E-state index contributed by atoms with van der Waals surface area (Å²) >= 11 is 0. The quantitative estimate of drug-likeness (QED) is 0.563. The fourth-order valence-electron chi connectivity index (χ4n) is 5.95. The summed E-state index contributed by atoms with van der Waals surface area (Å²) in [4.78, 5) is 17.6. The lowest BCUT2D eigenvalue weighted by Gasteiger charge is -2.57. The van der Waals surface area contributed by atoms with Crippen molar-refractivity contribution in [3.8, 4) is 5.75 Å². The fraction of sp³-hybridized carbons (Fsp3) is 0.684. The highest BCUT2D eigenvalue weighted by Gasteiger charge is 2.52. The molecule has 4 fully saturated rings. The van der Waals surface area contributed by atoms with Crippen molar-refractivity contribution in [1.29, 1.82) is 0 Å². The number of rotatable bonds is 6. The second-order valence-corrected chi connectivity index (χ2v) is 10.3. The zero-order valence-corrected chi connectivity index (χ0v) is 15.6. The highest BCUT2D eigenvalue weighted by Crippen LogP contribution is 2.61. The van der Waals surface area contributed by atoms with Gasteiger partial charge in [-0.15, -0.1) is 0 Å². The first-order chi connectivity index (χ1) is 12.3. The first-order valence-corrected chi connectivity index (χ1v) is 11.2. The van der Waals surface area contributed by atoms with Gasteiger partial charge in [-0.2, -0.15) is 4.39 Å². The molecule has 0 aromatic heterocycles. The van der Waals surface area contributed by atoms with Crippen LogP contribution in [-0.4, -0.2) is 22.6 Å². The van der Waals surface area contributed by atoms with E-state index in [1.54, 1.807) is 6.07 Å². The van der Waals surface area contributed by atoms with Gasteiger partial charge in [0.1, 0.15) is 0 Å². The second kappa shape index (κ2) is 6.57. The standard InChI is InChI=1S/C19H25F2O4P/c20-17-15(19-9-12-6-13(10-19)8-14(7-12)11-19)2-3-16(18(17)21)25-4-1-5-26(22,23)24/h2-3,12-14H,1,4-11H2,(H2,22,23,24)/t12-,13?,14?,19-. The molecule has 4 aliphatic carbocycles. The maximum Gasteiger partial charge on any atom is 0.325 e. The van der Waals surface area contributed by atoms with Crippen molar-refractivity contribution in [3.05, 3.63) is 29.3 Å². The molecule has 4 aliphatic rings. The van der Waals surface area contributed by atoms with E-state index in [1.807, 2.05) is 0 Å². The van der Waals surface area contributed by atoms with E-state index in [2.05, 4.69) is 0 Å². The van der Waals surface area contributed by atoms with E-state index in [4.69, 9.17) is 14.5 Å². The minimum Gasteiger partial charge on any atom is -0.490 e. The highest BCUT2D eigenvalue weighted by molar-refractivity contribution is 7.51. The van der Waals surface area contributed by atoms with Crippen LogP contribution in [0, 0.1) is 29.4 Å². The zero-order chi connectivity index (χ0) is 18.5. The minimum atomic E-state index is -4.10. The van der Waals surface area contributed by atoms with Gasteiger partial charge in [0, 0.05) is 0 Å². The van der Waals surface area contributed by atoms with Gasteiger partial charge in [-0.25, -0.2) is 4.39 Å². The fourth-order valence-corrected chi connectivity index (χ4v) is 6.49. The average Bonchev–Trinajstić information content (AvgIpc) is 2.53. The van der Waals surface area contributed by atoms with Gasteiger partial charge in [0.05, 0.1) is 12.8 Å². The summed E-state index contributed by atoms with van der Waals surface area (Å²) in [6.45, 7) is -0.0574. The first kappa shape index (κ1) is 18.4. The predicted molar refractivity (Wildman–Crippen MR) is 93.2 cm³/mol. The maximum atomic E-state index is 14.9. The number of hydrogen-bond acceptors (Lipinski definition) is 2. The molecule has 0 saturated heterocycles. The van der Waals surface area contributed by atoms with E-state index in [1.165, 1.54) is 25.3 Å². The topological polar surface area (TPSA) is 66.8 Å². The summed E-state index contributed by atoms with van der Waals surface area (Å²) in [6, 6.07) is 3.15. The van der Waals surface area contributed by atoms with Gasteiger partial charge >= 0.3 is 7.60 Å². The lowest BCUT2D eigenvalue weighted by Crippen LogP contribution is -2.49. The molecule has 2 N–H and O–H groups in total. The molecule has 4 nitrogen and oxygen atoms in total. The van der Waals surface area contributed by atoms with Crippen molar-refractivity contribution in [2.75, 3.05) is 12.8 Å². The Morgan fingerprint density at radius 1 is 1.04 bits per heavy atom. The molecule has 0 radical (unpaired) electrons. The summed E-state index contributed by atoms with van der Waals surface area (Å²) in [6.07, 6.45) is 6.34. The predicted octanol–water partition coefficient (Wildman–Crippen LogP) is 4.38. The summed E-state index contributed by atoms with van der Waals surface area (Å²) in [5.74, 6) is -0.0255. The third-order valence-corrected chi connectivity index (χ3v) is 7.41. The molecule has 0 unspecified atom stereocenters. The van der Waals surface area contributed by atoms with Crippen molar-refractivity contribution in [3.63, 3.8) is 0 Å². The van der Waals surface area contributed by atoms with Crippen molar-refractivity contribution in [2.45, 2.75) is 50.4 Å². The van der Waals surface area contributed by atoms with Crippen molar-refractivity contribution in [1.82, 2.24) is 0 Å². The van der Waals surface area contributed by atoms with Crippen LogP contribution >= 0.6 is 7.60 Å². The Morgan fingerprint density at radius 2 is 1.62 bits per heavy atom. The summed E-state index contributed by atoms with van der Waals surface area (Å²) in [7, 11) is -4.10. The largest absolute Gasteiger partial charge is 0.490 e. The smallest absolute Gasteiger partial charge is 0.325 e. The van der Waals surface area contributed by atoms with Crippen molar-refractivity contribution in [2.24, 2.45) is 17.8 Å². The molecule has 0 amide bonds. The van der Waals surface area contributed by atoms with Gasteiger partial charge in [-0.3, -0.25) is 4.57 Å². The van der Waals surface area contributed by atoms with Crippen LogP contribution in [-0.2, 0) is 9.98 Å². The van der Waals surface area contributed by atoms with Gasteiger partial charge in [0.2, 0.25) is 5.82 Å². The van der Waals surface area contributed by atoms with E-state index in [0.717, 1.165) is 19.3 Å². The third-order valence-electron chi connectivity index (χ3n) is 6.51. The Kier molecular flexibility index (Phi) is 4.65.